The zero-order valence-corrected chi connectivity index (χ0v) is 11.8. The van der Waals surface area contributed by atoms with Crippen molar-refractivity contribution in [1.29, 1.82) is 0 Å². The van der Waals surface area contributed by atoms with Crippen LogP contribution >= 0.6 is 11.6 Å². The van der Waals surface area contributed by atoms with Gasteiger partial charge in [0, 0.05) is 0 Å². The molecule has 0 aliphatic carbocycles. The van der Waals surface area contributed by atoms with Crippen molar-refractivity contribution in [2.75, 3.05) is 6.61 Å². The molecule has 1 atom stereocenters. The molecule has 2 aromatic carbocycles. The largest absolute Gasteiger partial charge is 0.494 e. The quantitative estimate of drug-likeness (QED) is 0.714. The number of benzene rings is 2. The van der Waals surface area contributed by atoms with Crippen LogP contribution in [0.1, 0.15) is 23.4 Å². The second-order valence-corrected chi connectivity index (χ2v) is 4.91. The van der Waals surface area contributed by atoms with Crippen LogP contribution in [0.3, 0.4) is 0 Å². The molecule has 0 aromatic heterocycles. The van der Waals surface area contributed by atoms with Gasteiger partial charge in [-0.15, -0.1) is 11.6 Å². The summed E-state index contributed by atoms with van der Waals surface area (Å²) in [7, 11) is 0. The molecular weight excluding hydrogens is 282 g/mol. The van der Waals surface area contributed by atoms with E-state index < -0.39 is 17.0 Å². The number of hydrogen-bond acceptors (Lipinski definition) is 1. The van der Waals surface area contributed by atoms with Gasteiger partial charge in [-0.25, -0.2) is 8.78 Å². The molecule has 0 spiro atoms. The second kappa shape index (κ2) is 6.71. The lowest BCUT2D eigenvalue weighted by atomic mass is 10.0. The van der Waals surface area contributed by atoms with Crippen LogP contribution in [0.2, 0.25) is 0 Å². The molecule has 0 N–H and O–H groups in total. The third-order valence-corrected chi connectivity index (χ3v) is 3.39. The predicted molar refractivity (Wildman–Crippen MR) is 76.3 cm³/mol. The Morgan fingerprint density at radius 1 is 1.10 bits per heavy atom. The van der Waals surface area contributed by atoms with Gasteiger partial charge in [0.25, 0.3) is 0 Å². The highest BCUT2D eigenvalue weighted by molar-refractivity contribution is 6.20. The van der Waals surface area contributed by atoms with E-state index in [-0.39, 0.29) is 12.0 Å². The van der Waals surface area contributed by atoms with Crippen LogP contribution in [0.5, 0.6) is 5.75 Å². The average Bonchev–Trinajstić information content (AvgIpc) is 2.45. The maximum atomic E-state index is 13.6. The van der Waals surface area contributed by atoms with E-state index in [1.807, 2.05) is 31.2 Å². The van der Waals surface area contributed by atoms with E-state index >= 15 is 0 Å². The van der Waals surface area contributed by atoms with E-state index in [4.69, 9.17) is 16.3 Å². The van der Waals surface area contributed by atoms with Crippen molar-refractivity contribution >= 4 is 11.6 Å². The first-order chi connectivity index (χ1) is 9.61. The number of ether oxygens (including phenoxy) is 1. The van der Waals surface area contributed by atoms with Crippen LogP contribution in [0.4, 0.5) is 8.78 Å². The highest BCUT2D eigenvalue weighted by Crippen LogP contribution is 2.28. The lowest BCUT2D eigenvalue weighted by molar-refractivity contribution is 0.340. The van der Waals surface area contributed by atoms with Crippen molar-refractivity contribution < 1.29 is 13.5 Å². The number of rotatable bonds is 5. The summed E-state index contributed by atoms with van der Waals surface area (Å²) < 4.78 is 32.1. The van der Waals surface area contributed by atoms with E-state index in [9.17, 15) is 8.78 Å². The highest BCUT2D eigenvalue weighted by atomic mass is 35.5. The monoisotopic (exact) mass is 296 g/mol. The minimum atomic E-state index is -0.849. The van der Waals surface area contributed by atoms with Gasteiger partial charge in [-0.05, 0) is 42.7 Å². The lowest BCUT2D eigenvalue weighted by Gasteiger charge is -2.12. The van der Waals surface area contributed by atoms with Gasteiger partial charge in [0.2, 0.25) is 0 Å². The van der Waals surface area contributed by atoms with Crippen molar-refractivity contribution in [2.24, 2.45) is 0 Å². The molecule has 4 heteroatoms. The molecule has 0 fully saturated rings. The Labute approximate surface area is 122 Å². The van der Waals surface area contributed by atoms with Crippen molar-refractivity contribution in [2.45, 2.75) is 18.7 Å². The molecule has 0 heterocycles. The first-order valence-electron chi connectivity index (χ1n) is 6.41. The van der Waals surface area contributed by atoms with Gasteiger partial charge in [-0.2, -0.15) is 0 Å². The zero-order valence-electron chi connectivity index (χ0n) is 11.1. The molecule has 0 saturated carbocycles. The van der Waals surface area contributed by atoms with Crippen LogP contribution < -0.4 is 4.74 Å². The highest BCUT2D eigenvalue weighted by Gasteiger charge is 2.14. The average molecular weight is 297 g/mol. The summed E-state index contributed by atoms with van der Waals surface area (Å²) in [6.07, 6.45) is 0.235. The topological polar surface area (TPSA) is 9.23 Å². The molecule has 0 amide bonds. The molecule has 0 aliphatic rings. The van der Waals surface area contributed by atoms with Crippen LogP contribution in [0, 0.1) is 11.6 Å². The molecule has 106 valence electrons. The molecule has 0 aliphatic heterocycles. The van der Waals surface area contributed by atoms with E-state index in [1.54, 1.807) is 6.07 Å². The Bertz CT molecular complexity index is 569. The Hall–Kier alpha value is -1.61. The summed E-state index contributed by atoms with van der Waals surface area (Å²) in [5.74, 6) is -0.917. The lowest BCUT2D eigenvalue weighted by Crippen LogP contribution is -2.00. The maximum Gasteiger partial charge on any atom is 0.162 e. The summed E-state index contributed by atoms with van der Waals surface area (Å²) in [4.78, 5) is 0. The van der Waals surface area contributed by atoms with Crippen molar-refractivity contribution in [3.05, 3.63) is 65.2 Å². The Morgan fingerprint density at radius 3 is 2.45 bits per heavy atom. The molecule has 20 heavy (non-hydrogen) atoms. The van der Waals surface area contributed by atoms with Gasteiger partial charge in [0.05, 0.1) is 12.0 Å². The fraction of sp³-hybridized carbons (Fsp3) is 0.250. The molecule has 0 bridgehead atoms. The molecule has 1 unspecified atom stereocenters. The van der Waals surface area contributed by atoms with E-state index in [2.05, 4.69) is 0 Å². The molecule has 2 aromatic rings. The first-order valence-corrected chi connectivity index (χ1v) is 6.85. The van der Waals surface area contributed by atoms with E-state index in [0.717, 1.165) is 17.4 Å². The van der Waals surface area contributed by atoms with Gasteiger partial charge in [-0.3, -0.25) is 0 Å². The van der Waals surface area contributed by atoms with Gasteiger partial charge in [-0.1, -0.05) is 24.3 Å². The normalized spacial score (nSPS) is 12.2. The molecule has 0 radical (unpaired) electrons. The Kier molecular flexibility index (Phi) is 4.96. The molecule has 2 rings (SSSR count). The summed E-state index contributed by atoms with van der Waals surface area (Å²) >= 11 is 6.26. The number of halogens is 3. The summed E-state index contributed by atoms with van der Waals surface area (Å²) in [5.41, 5.74) is 1.12. The van der Waals surface area contributed by atoms with Crippen molar-refractivity contribution in [1.82, 2.24) is 0 Å². The first kappa shape index (κ1) is 14.8. The zero-order chi connectivity index (χ0) is 14.5. The van der Waals surface area contributed by atoms with E-state index in [0.29, 0.717) is 6.61 Å². The summed E-state index contributed by atoms with van der Waals surface area (Å²) in [5, 5.41) is -0.415. The SMILES string of the molecule is CCOc1ccc(C(Cl)Cc2cccc(F)c2F)cc1. The standard InChI is InChI=1S/C16H15ClF2O/c1-2-20-13-8-6-11(7-9-13)14(17)10-12-4-3-5-15(18)16(12)19/h3-9,14H,2,10H2,1H3. The minimum Gasteiger partial charge on any atom is -0.494 e. The van der Waals surface area contributed by atoms with Crippen LogP contribution in [0.25, 0.3) is 0 Å². The van der Waals surface area contributed by atoms with E-state index in [1.165, 1.54) is 6.07 Å². The number of alkyl halides is 1. The third kappa shape index (κ3) is 3.48. The van der Waals surface area contributed by atoms with Crippen molar-refractivity contribution in [3.63, 3.8) is 0 Å². The summed E-state index contributed by atoms with van der Waals surface area (Å²) in [6.45, 7) is 2.50. The van der Waals surface area contributed by atoms with Gasteiger partial charge in [0.1, 0.15) is 5.75 Å². The fourth-order valence-corrected chi connectivity index (χ4v) is 2.27. The van der Waals surface area contributed by atoms with Crippen LogP contribution in [-0.2, 0) is 6.42 Å². The van der Waals surface area contributed by atoms with Crippen molar-refractivity contribution in [3.8, 4) is 5.75 Å². The van der Waals surface area contributed by atoms with Gasteiger partial charge >= 0.3 is 0 Å². The third-order valence-electron chi connectivity index (χ3n) is 2.98. The molecular formula is C16H15ClF2O. The maximum absolute atomic E-state index is 13.6. The second-order valence-electron chi connectivity index (χ2n) is 4.39. The van der Waals surface area contributed by atoms with Gasteiger partial charge in [0.15, 0.2) is 11.6 Å². The molecule has 1 nitrogen and oxygen atoms in total. The Balaban J connectivity index is 2.11. The number of hydrogen-bond donors (Lipinski definition) is 0. The van der Waals surface area contributed by atoms with Gasteiger partial charge < -0.3 is 4.74 Å². The predicted octanol–water partition coefficient (Wildman–Crippen LogP) is 4.89. The van der Waals surface area contributed by atoms with Crippen LogP contribution in [-0.4, -0.2) is 6.61 Å². The van der Waals surface area contributed by atoms with Crippen LogP contribution in [0.15, 0.2) is 42.5 Å². The minimum absolute atomic E-state index is 0.235. The fourth-order valence-electron chi connectivity index (χ4n) is 1.96. The Morgan fingerprint density at radius 2 is 1.80 bits per heavy atom. The molecule has 0 saturated heterocycles. The smallest absolute Gasteiger partial charge is 0.162 e. The summed E-state index contributed by atoms with van der Waals surface area (Å²) in [6, 6.07) is 11.4.